The van der Waals surface area contributed by atoms with E-state index in [0.29, 0.717) is 22.8 Å². The number of hydrogen-bond acceptors (Lipinski definition) is 7. The first kappa shape index (κ1) is 28.3. The Labute approximate surface area is 233 Å². The number of thiol groups is 1. The quantitative estimate of drug-likeness (QED) is 0.125. The van der Waals surface area contributed by atoms with E-state index in [9.17, 15) is 23.2 Å². The lowest BCUT2D eigenvalue weighted by molar-refractivity contribution is -0.274. The maximum atomic E-state index is 12.8. The molecule has 0 saturated carbocycles. The van der Waals surface area contributed by atoms with E-state index in [4.69, 9.17) is 0 Å². The van der Waals surface area contributed by atoms with Crippen molar-refractivity contribution >= 4 is 29.9 Å². The van der Waals surface area contributed by atoms with E-state index < -0.39 is 12.3 Å². The molecule has 0 aliphatic carbocycles. The maximum Gasteiger partial charge on any atom is 0.573 e. The van der Waals surface area contributed by atoms with E-state index in [1.165, 1.54) is 35.3 Å². The van der Waals surface area contributed by atoms with Gasteiger partial charge in [-0.15, -0.1) is 30.9 Å². The third-order valence-corrected chi connectivity index (χ3v) is 5.97. The molecule has 4 rings (SSSR count). The molecule has 12 heteroatoms. The van der Waals surface area contributed by atoms with Gasteiger partial charge in [0.1, 0.15) is 23.7 Å². The number of ether oxygens (including phenoxy) is 1. The van der Waals surface area contributed by atoms with Crippen molar-refractivity contribution in [1.29, 1.82) is 5.26 Å². The SMILES string of the molecule is CC(C)c1ccccc1N/C(S)=C(\C#N)C(=O)Nc1ccc(-c2ncn(-c3ccc(OC(F)(F)F)cc3)n2)cc1. The number of nitrogens with one attached hydrogen (secondary N) is 2. The van der Waals surface area contributed by atoms with E-state index >= 15 is 0 Å². The van der Waals surface area contributed by atoms with Crippen molar-refractivity contribution in [2.24, 2.45) is 0 Å². The van der Waals surface area contributed by atoms with Crippen LogP contribution < -0.4 is 15.4 Å². The smallest absolute Gasteiger partial charge is 0.406 e. The highest BCUT2D eigenvalue weighted by Gasteiger charge is 2.31. The van der Waals surface area contributed by atoms with Gasteiger partial charge in [0.05, 0.1) is 10.7 Å². The zero-order chi connectivity index (χ0) is 28.9. The summed E-state index contributed by atoms with van der Waals surface area (Å²) in [6.45, 7) is 4.08. The van der Waals surface area contributed by atoms with Crippen LogP contribution >= 0.6 is 12.6 Å². The largest absolute Gasteiger partial charge is 0.573 e. The summed E-state index contributed by atoms with van der Waals surface area (Å²) < 4.78 is 42.4. The minimum Gasteiger partial charge on any atom is -0.406 e. The van der Waals surface area contributed by atoms with Gasteiger partial charge in [-0.3, -0.25) is 4.79 Å². The molecule has 0 spiro atoms. The molecule has 0 atom stereocenters. The van der Waals surface area contributed by atoms with Gasteiger partial charge >= 0.3 is 6.36 Å². The Morgan fingerprint density at radius 2 is 1.70 bits per heavy atom. The van der Waals surface area contributed by atoms with Gasteiger partial charge in [0.2, 0.25) is 0 Å². The number of alkyl halides is 3. The predicted octanol–water partition coefficient (Wildman–Crippen LogP) is 6.67. The number of halogens is 3. The molecule has 2 N–H and O–H groups in total. The van der Waals surface area contributed by atoms with E-state index in [1.54, 1.807) is 24.3 Å². The van der Waals surface area contributed by atoms with Gasteiger partial charge in [-0.05, 0) is 66.1 Å². The molecule has 1 aromatic heterocycles. The summed E-state index contributed by atoms with van der Waals surface area (Å²) in [7, 11) is 0. The molecule has 0 unspecified atom stereocenters. The third kappa shape index (κ3) is 7.00. The normalized spacial score (nSPS) is 11.9. The van der Waals surface area contributed by atoms with Crippen molar-refractivity contribution in [2.45, 2.75) is 26.1 Å². The van der Waals surface area contributed by atoms with Crippen molar-refractivity contribution in [2.75, 3.05) is 10.6 Å². The van der Waals surface area contributed by atoms with Crippen LogP contribution in [0.2, 0.25) is 0 Å². The lowest BCUT2D eigenvalue weighted by Crippen LogP contribution is -2.17. The number of para-hydroxylation sites is 1. The molecule has 204 valence electrons. The van der Waals surface area contributed by atoms with Gasteiger partial charge in [-0.1, -0.05) is 32.0 Å². The molecule has 0 aliphatic heterocycles. The number of anilines is 2. The molecular formula is C28H23F3N6O2S. The molecule has 0 bridgehead atoms. The minimum absolute atomic E-state index is 0.123. The predicted molar refractivity (Wildman–Crippen MR) is 148 cm³/mol. The summed E-state index contributed by atoms with van der Waals surface area (Å²) in [5.41, 5.74) is 3.14. The summed E-state index contributed by atoms with van der Waals surface area (Å²) in [5, 5.41) is 19.8. The van der Waals surface area contributed by atoms with Crippen LogP contribution in [0.25, 0.3) is 17.1 Å². The van der Waals surface area contributed by atoms with Crippen molar-refractivity contribution in [3.63, 3.8) is 0 Å². The monoisotopic (exact) mass is 564 g/mol. The fourth-order valence-corrected chi connectivity index (χ4v) is 4.00. The Morgan fingerprint density at radius 1 is 1.02 bits per heavy atom. The lowest BCUT2D eigenvalue weighted by atomic mass is 10.0. The number of aromatic nitrogens is 3. The molecule has 1 amide bonds. The van der Waals surface area contributed by atoms with Gasteiger partial charge in [0.25, 0.3) is 5.91 Å². The maximum absolute atomic E-state index is 12.8. The summed E-state index contributed by atoms with van der Waals surface area (Å²) in [4.78, 5) is 17.1. The van der Waals surface area contributed by atoms with Crippen molar-refractivity contribution < 1.29 is 22.7 Å². The van der Waals surface area contributed by atoms with Gasteiger partial charge in [-0.25, -0.2) is 9.67 Å². The molecule has 0 fully saturated rings. The van der Waals surface area contributed by atoms with Crippen molar-refractivity contribution in [1.82, 2.24) is 14.8 Å². The fraction of sp³-hybridized carbons (Fsp3) is 0.143. The third-order valence-electron chi connectivity index (χ3n) is 5.64. The fourth-order valence-electron chi connectivity index (χ4n) is 3.73. The second kappa shape index (κ2) is 12.0. The van der Waals surface area contributed by atoms with Gasteiger partial charge in [-0.2, -0.15) is 5.26 Å². The van der Waals surface area contributed by atoms with E-state index in [2.05, 4.69) is 38.1 Å². The van der Waals surface area contributed by atoms with Gasteiger partial charge in [0, 0.05) is 16.9 Å². The molecule has 1 heterocycles. The van der Waals surface area contributed by atoms with Crippen LogP contribution in [0.5, 0.6) is 5.75 Å². The van der Waals surface area contributed by atoms with Gasteiger partial charge < -0.3 is 15.4 Å². The van der Waals surface area contributed by atoms with Crippen LogP contribution in [-0.4, -0.2) is 27.0 Å². The average molecular weight is 565 g/mol. The Balaban J connectivity index is 1.44. The average Bonchev–Trinajstić information content (AvgIpc) is 3.39. The molecule has 0 saturated heterocycles. The summed E-state index contributed by atoms with van der Waals surface area (Å²) >= 11 is 4.37. The van der Waals surface area contributed by atoms with Crippen LogP contribution in [0.15, 0.2) is 89.7 Å². The number of carbonyl (C=O) groups excluding carboxylic acids is 1. The molecule has 8 nitrogen and oxygen atoms in total. The molecule has 40 heavy (non-hydrogen) atoms. The summed E-state index contributed by atoms with van der Waals surface area (Å²) in [6.07, 6.45) is -3.35. The van der Waals surface area contributed by atoms with Crippen LogP contribution in [0.4, 0.5) is 24.5 Å². The topological polar surface area (TPSA) is 105 Å². The number of benzene rings is 3. The van der Waals surface area contributed by atoms with Crippen LogP contribution in [0.1, 0.15) is 25.3 Å². The Hall–Kier alpha value is -4.76. The zero-order valence-corrected chi connectivity index (χ0v) is 22.2. The Bertz CT molecular complexity index is 1570. The lowest BCUT2D eigenvalue weighted by Gasteiger charge is -2.15. The second-order valence-corrected chi connectivity index (χ2v) is 9.24. The molecule has 0 radical (unpaired) electrons. The first-order valence-corrected chi connectivity index (χ1v) is 12.4. The number of nitrogens with zero attached hydrogens (tertiary/aromatic N) is 4. The highest BCUT2D eigenvalue weighted by atomic mass is 32.1. The minimum atomic E-state index is -4.77. The van der Waals surface area contributed by atoms with Crippen molar-refractivity contribution in [3.8, 4) is 28.9 Å². The second-order valence-electron chi connectivity index (χ2n) is 8.79. The Morgan fingerprint density at radius 3 is 2.33 bits per heavy atom. The standard InChI is InChI=1S/C28H23F3N6O2S/c1-17(2)22-5-3-4-6-24(22)35-27(40)23(15-32)26(38)34-19-9-7-18(8-10-19)25-33-16-37(36-25)20-11-13-21(14-12-20)39-28(29,30)31/h3-14,16-17,35,40H,1-2H3,(H,34,38)/b27-23-. The molecular weight excluding hydrogens is 541 g/mol. The first-order valence-electron chi connectivity index (χ1n) is 11.9. The number of amides is 1. The molecule has 3 aromatic carbocycles. The van der Waals surface area contributed by atoms with Gasteiger partial charge in [0.15, 0.2) is 5.82 Å². The van der Waals surface area contributed by atoms with Crippen molar-refractivity contribution in [3.05, 3.63) is 95.3 Å². The van der Waals surface area contributed by atoms with Crippen LogP contribution in [0.3, 0.4) is 0 Å². The highest BCUT2D eigenvalue weighted by molar-refractivity contribution is 7.84. The van der Waals surface area contributed by atoms with E-state index in [0.717, 1.165) is 11.3 Å². The van der Waals surface area contributed by atoms with Crippen LogP contribution in [0, 0.1) is 11.3 Å². The Kier molecular flexibility index (Phi) is 8.45. The van der Waals surface area contributed by atoms with Crippen LogP contribution in [-0.2, 0) is 4.79 Å². The zero-order valence-electron chi connectivity index (χ0n) is 21.3. The summed E-state index contributed by atoms with van der Waals surface area (Å²) in [5.74, 6) is -0.390. The number of carbonyl (C=O) groups is 1. The number of rotatable bonds is 8. The number of nitriles is 1. The number of hydrogen-bond donors (Lipinski definition) is 3. The highest BCUT2D eigenvalue weighted by Crippen LogP contribution is 2.27. The molecule has 0 aliphatic rings. The summed E-state index contributed by atoms with van der Waals surface area (Å²) in [6, 6.07) is 21.3. The van der Waals surface area contributed by atoms with E-state index in [1.807, 2.05) is 44.2 Å². The molecule has 4 aromatic rings. The van der Waals surface area contributed by atoms with E-state index in [-0.39, 0.29) is 22.3 Å². The first-order chi connectivity index (χ1) is 19.0.